The molecule has 3 aromatic rings. The van der Waals surface area contributed by atoms with Crippen LogP contribution in [0.25, 0.3) is 0 Å². The monoisotopic (exact) mass is 482 g/mol. The predicted octanol–water partition coefficient (Wildman–Crippen LogP) is 4.16. The topological polar surface area (TPSA) is 98.7 Å². The van der Waals surface area contributed by atoms with E-state index in [4.69, 9.17) is 19.8 Å². The smallest absolute Gasteiger partial charge is 0.414 e. The first-order valence-corrected chi connectivity index (χ1v) is 11.3. The number of benzene rings is 3. The maximum atomic E-state index is 13.4. The van der Waals surface area contributed by atoms with E-state index < -0.39 is 23.6 Å². The van der Waals surface area contributed by atoms with Crippen molar-refractivity contribution in [3.63, 3.8) is 0 Å². The van der Waals surface area contributed by atoms with E-state index in [9.17, 15) is 8.78 Å². The Morgan fingerprint density at radius 1 is 0.857 bits per heavy atom. The zero-order valence-electron chi connectivity index (χ0n) is 19.0. The molecular weight excluding hydrogens is 454 g/mol. The van der Waals surface area contributed by atoms with Gasteiger partial charge < -0.3 is 20.8 Å². The average Bonchev–Trinajstić information content (AvgIpc) is 2.87. The first kappa shape index (κ1) is 26.0. The summed E-state index contributed by atoms with van der Waals surface area (Å²) in [6.45, 7) is 1.39. The fourth-order valence-electron chi connectivity index (χ4n) is 4.23. The summed E-state index contributed by atoms with van der Waals surface area (Å²) in [7, 11) is 0. The fraction of sp³-hybridized carbons (Fsp3) is 0.259. The number of halogens is 2. The largest absolute Gasteiger partial charge is 0.473 e. The molecule has 0 saturated carbocycles. The minimum atomic E-state index is -1.82. The number of hydrogen-bond acceptors (Lipinski definition) is 4. The Morgan fingerprint density at radius 2 is 1.43 bits per heavy atom. The standard InChI is InChI=1S/C25H26F2N2.C2H2O4/c26-22-13-11-18(15-23(22)27)16-28-21-12-14-24(29-17-21)25(19-7-3-1-4-8-19)20-9-5-2-6-10-20;3-1(4)2(5)6/h1-11,13,15,21,24-25,28-29H,12,14,16-17H2;(H,3,4)(H,5,6)/t21-,24-;/m1./s1. The van der Waals surface area contributed by atoms with E-state index in [1.54, 1.807) is 6.07 Å². The third kappa shape index (κ3) is 7.70. The lowest BCUT2D eigenvalue weighted by molar-refractivity contribution is -0.159. The van der Waals surface area contributed by atoms with Crippen LogP contribution in [0.2, 0.25) is 0 Å². The van der Waals surface area contributed by atoms with Crippen molar-refractivity contribution in [2.75, 3.05) is 6.54 Å². The molecule has 4 N–H and O–H groups in total. The van der Waals surface area contributed by atoms with Gasteiger partial charge in [0.2, 0.25) is 0 Å². The van der Waals surface area contributed by atoms with Crippen LogP contribution in [0.4, 0.5) is 8.78 Å². The Bertz CT molecular complexity index is 1050. The van der Waals surface area contributed by atoms with Gasteiger partial charge in [-0.25, -0.2) is 18.4 Å². The number of nitrogens with one attached hydrogen (secondary N) is 2. The van der Waals surface area contributed by atoms with E-state index in [2.05, 4.69) is 71.3 Å². The first-order valence-electron chi connectivity index (χ1n) is 11.3. The van der Waals surface area contributed by atoms with Crippen LogP contribution in [0.15, 0.2) is 78.9 Å². The van der Waals surface area contributed by atoms with Gasteiger partial charge in [-0.05, 0) is 41.7 Å². The zero-order valence-corrected chi connectivity index (χ0v) is 19.0. The Labute approximate surface area is 202 Å². The van der Waals surface area contributed by atoms with E-state index >= 15 is 0 Å². The Hall–Kier alpha value is -3.62. The minimum Gasteiger partial charge on any atom is -0.473 e. The quantitative estimate of drug-likeness (QED) is 0.394. The number of aliphatic carboxylic acids is 2. The van der Waals surface area contributed by atoms with Crippen LogP contribution >= 0.6 is 0 Å². The van der Waals surface area contributed by atoms with Gasteiger partial charge in [0.15, 0.2) is 11.6 Å². The van der Waals surface area contributed by atoms with Crippen LogP contribution < -0.4 is 10.6 Å². The fourth-order valence-corrected chi connectivity index (χ4v) is 4.23. The molecule has 2 atom stereocenters. The lowest BCUT2D eigenvalue weighted by atomic mass is 9.81. The molecule has 1 aliphatic heterocycles. The lowest BCUT2D eigenvalue weighted by Gasteiger charge is -2.36. The van der Waals surface area contributed by atoms with E-state index in [0.717, 1.165) is 24.9 Å². The van der Waals surface area contributed by atoms with Gasteiger partial charge in [-0.15, -0.1) is 0 Å². The lowest BCUT2D eigenvalue weighted by Crippen LogP contribution is -2.49. The summed E-state index contributed by atoms with van der Waals surface area (Å²) < 4.78 is 26.5. The maximum absolute atomic E-state index is 13.4. The van der Waals surface area contributed by atoms with Gasteiger partial charge in [0.05, 0.1) is 0 Å². The van der Waals surface area contributed by atoms with Crippen molar-refractivity contribution < 1.29 is 28.6 Å². The number of hydrogen-bond donors (Lipinski definition) is 4. The van der Waals surface area contributed by atoms with Crippen molar-refractivity contribution in [1.29, 1.82) is 0 Å². The minimum absolute atomic E-state index is 0.310. The number of piperidine rings is 1. The second kappa shape index (κ2) is 12.7. The highest BCUT2D eigenvalue weighted by atomic mass is 19.2. The molecule has 0 unspecified atom stereocenters. The molecule has 0 aliphatic carbocycles. The molecular formula is C27H28F2N2O4. The summed E-state index contributed by atoms with van der Waals surface area (Å²) in [6.07, 6.45) is 2.08. The molecule has 35 heavy (non-hydrogen) atoms. The van der Waals surface area contributed by atoms with Crippen LogP contribution in [0, 0.1) is 11.6 Å². The molecule has 1 fully saturated rings. The molecule has 6 nitrogen and oxygen atoms in total. The predicted molar refractivity (Wildman–Crippen MR) is 128 cm³/mol. The van der Waals surface area contributed by atoms with Crippen molar-refractivity contribution in [3.8, 4) is 0 Å². The summed E-state index contributed by atoms with van der Waals surface area (Å²) in [6, 6.07) is 26.1. The zero-order chi connectivity index (χ0) is 25.2. The van der Waals surface area contributed by atoms with Gasteiger partial charge in [0.25, 0.3) is 0 Å². The summed E-state index contributed by atoms with van der Waals surface area (Å²) in [5, 5.41) is 22.0. The molecule has 4 rings (SSSR count). The van der Waals surface area contributed by atoms with Crippen molar-refractivity contribution in [2.24, 2.45) is 0 Å². The second-order valence-electron chi connectivity index (χ2n) is 8.33. The van der Waals surface area contributed by atoms with Crippen LogP contribution in [0.1, 0.15) is 35.4 Å². The molecule has 184 valence electrons. The molecule has 0 aromatic heterocycles. The number of carboxylic acid groups (broad SMARTS) is 2. The van der Waals surface area contributed by atoms with Gasteiger partial charge in [0.1, 0.15) is 0 Å². The molecule has 0 spiro atoms. The molecule has 0 amide bonds. The van der Waals surface area contributed by atoms with Gasteiger partial charge in [-0.2, -0.15) is 0 Å². The molecule has 0 bridgehead atoms. The molecule has 3 aromatic carbocycles. The summed E-state index contributed by atoms with van der Waals surface area (Å²) >= 11 is 0. The highest BCUT2D eigenvalue weighted by Gasteiger charge is 2.29. The van der Waals surface area contributed by atoms with E-state index in [1.165, 1.54) is 23.3 Å². The van der Waals surface area contributed by atoms with Gasteiger partial charge in [-0.3, -0.25) is 0 Å². The molecule has 1 heterocycles. The van der Waals surface area contributed by atoms with E-state index in [1.807, 2.05) is 0 Å². The van der Waals surface area contributed by atoms with Crippen molar-refractivity contribution in [3.05, 3.63) is 107 Å². The van der Waals surface area contributed by atoms with Crippen LogP contribution in [0.3, 0.4) is 0 Å². The van der Waals surface area contributed by atoms with Crippen LogP contribution in [-0.2, 0) is 16.1 Å². The molecule has 0 radical (unpaired) electrons. The first-order chi connectivity index (χ1) is 16.8. The average molecular weight is 483 g/mol. The van der Waals surface area contributed by atoms with Crippen LogP contribution in [0.5, 0.6) is 0 Å². The van der Waals surface area contributed by atoms with Crippen molar-refractivity contribution >= 4 is 11.9 Å². The van der Waals surface area contributed by atoms with Gasteiger partial charge >= 0.3 is 11.9 Å². The van der Waals surface area contributed by atoms with E-state index in [-0.39, 0.29) is 0 Å². The Balaban J connectivity index is 0.000000509. The van der Waals surface area contributed by atoms with Gasteiger partial charge in [-0.1, -0.05) is 66.7 Å². The van der Waals surface area contributed by atoms with E-state index in [0.29, 0.717) is 24.5 Å². The normalized spacial score (nSPS) is 17.3. The second-order valence-corrected chi connectivity index (χ2v) is 8.33. The van der Waals surface area contributed by atoms with Gasteiger partial charge in [0, 0.05) is 31.1 Å². The highest BCUT2D eigenvalue weighted by Crippen LogP contribution is 2.31. The Morgan fingerprint density at radius 3 is 1.89 bits per heavy atom. The Kier molecular flexibility index (Phi) is 9.46. The number of carbonyl (C=O) groups is 2. The molecule has 1 saturated heterocycles. The summed E-state index contributed by atoms with van der Waals surface area (Å²) in [4.78, 5) is 18.2. The molecule has 1 aliphatic rings. The summed E-state index contributed by atoms with van der Waals surface area (Å²) in [5.74, 6) is -4.93. The third-order valence-electron chi connectivity index (χ3n) is 5.93. The van der Waals surface area contributed by atoms with Crippen molar-refractivity contribution in [2.45, 2.75) is 37.4 Å². The third-order valence-corrected chi connectivity index (χ3v) is 5.93. The van der Waals surface area contributed by atoms with Crippen LogP contribution in [-0.4, -0.2) is 40.8 Å². The highest BCUT2D eigenvalue weighted by molar-refractivity contribution is 6.27. The molecule has 8 heteroatoms. The summed E-state index contributed by atoms with van der Waals surface area (Å²) in [5.41, 5.74) is 3.41. The maximum Gasteiger partial charge on any atom is 0.414 e. The SMILES string of the molecule is Fc1ccc(CN[C@@H]2CC[C@H](C(c3ccccc3)c3ccccc3)NC2)cc1F.O=C(O)C(=O)O. The number of carboxylic acids is 2. The van der Waals surface area contributed by atoms with Crippen molar-refractivity contribution in [1.82, 2.24) is 10.6 Å². The number of rotatable bonds is 6.